The van der Waals surface area contributed by atoms with Gasteiger partial charge in [0.2, 0.25) is 5.91 Å². The lowest BCUT2D eigenvalue weighted by atomic mass is 9.96. The Hall–Kier alpha value is -3.86. The summed E-state index contributed by atoms with van der Waals surface area (Å²) in [5.41, 5.74) is 6.73. The Labute approximate surface area is 186 Å². The van der Waals surface area contributed by atoms with Crippen molar-refractivity contribution in [3.05, 3.63) is 89.4 Å². The van der Waals surface area contributed by atoms with Crippen molar-refractivity contribution in [2.24, 2.45) is 0 Å². The number of ether oxygens (including phenoxy) is 1. The highest BCUT2D eigenvalue weighted by Gasteiger charge is 2.18. The number of anilines is 1. The number of furan rings is 1. The van der Waals surface area contributed by atoms with Gasteiger partial charge in [-0.2, -0.15) is 0 Å². The Morgan fingerprint density at radius 3 is 2.53 bits per heavy atom. The molecule has 1 amide bonds. The third-order valence-corrected chi connectivity index (χ3v) is 5.48. The molecule has 0 spiro atoms. The van der Waals surface area contributed by atoms with Crippen LogP contribution in [-0.2, 0) is 4.79 Å². The Kier molecular flexibility index (Phi) is 5.82. The Morgan fingerprint density at radius 1 is 1.09 bits per heavy atom. The SMILES string of the molecule is COc1c(/C(C)=C/C(=O)Nc2cccc(F)c2)cc2c(-c3ccc(C)cc3)coc2c1C. The molecule has 0 atom stereocenters. The summed E-state index contributed by atoms with van der Waals surface area (Å²) >= 11 is 0. The first-order chi connectivity index (χ1) is 15.4. The number of methoxy groups -OCH3 is 1. The smallest absolute Gasteiger partial charge is 0.248 e. The van der Waals surface area contributed by atoms with Crippen molar-refractivity contribution in [1.82, 2.24) is 0 Å². The van der Waals surface area contributed by atoms with Gasteiger partial charge in [0.1, 0.15) is 17.1 Å². The fourth-order valence-electron chi connectivity index (χ4n) is 3.85. The van der Waals surface area contributed by atoms with Crippen molar-refractivity contribution < 1.29 is 18.3 Å². The first kappa shape index (κ1) is 21.4. The fraction of sp³-hybridized carbons (Fsp3) is 0.148. The van der Waals surface area contributed by atoms with Gasteiger partial charge in [-0.05, 0) is 56.2 Å². The summed E-state index contributed by atoms with van der Waals surface area (Å²) in [5.74, 6) is -0.108. The molecule has 1 N–H and O–H groups in total. The van der Waals surface area contributed by atoms with E-state index in [1.165, 1.54) is 23.8 Å². The molecule has 0 bridgehead atoms. The van der Waals surface area contributed by atoms with Crippen molar-refractivity contribution in [3.63, 3.8) is 0 Å². The summed E-state index contributed by atoms with van der Waals surface area (Å²) in [6.07, 6.45) is 3.24. The number of carbonyl (C=O) groups excluding carboxylic acids is 1. The predicted molar refractivity (Wildman–Crippen MR) is 126 cm³/mol. The van der Waals surface area contributed by atoms with Crippen LogP contribution >= 0.6 is 0 Å². The number of nitrogens with one attached hydrogen (secondary N) is 1. The Bertz CT molecular complexity index is 1330. The van der Waals surface area contributed by atoms with E-state index in [4.69, 9.17) is 9.15 Å². The minimum Gasteiger partial charge on any atom is -0.496 e. The summed E-state index contributed by atoms with van der Waals surface area (Å²) in [7, 11) is 1.60. The van der Waals surface area contributed by atoms with Gasteiger partial charge in [-0.3, -0.25) is 4.79 Å². The van der Waals surface area contributed by atoms with Crippen LogP contribution in [0, 0.1) is 19.7 Å². The molecular formula is C27H24FNO3. The molecule has 0 radical (unpaired) electrons. The van der Waals surface area contributed by atoms with Crippen LogP contribution in [-0.4, -0.2) is 13.0 Å². The lowest BCUT2D eigenvalue weighted by Crippen LogP contribution is -2.09. The number of hydrogen-bond donors (Lipinski definition) is 1. The van der Waals surface area contributed by atoms with Gasteiger partial charge in [0.15, 0.2) is 0 Å². The largest absolute Gasteiger partial charge is 0.496 e. The van der Waals surface area contributed by atoms with Crippen molar-refractivity contribution >= 4 is 28.1 Å². The molecule has 0 fully saturated rings. The average molecular weight is 429 g/mol. The van der Waals surface area contributed by atoms with E-state index in [-0.39, 0.29) is 5.91 Å². The minimum atomic E-state index is -0.408. The maximum Gasteiger partial charge on any atom is 0.248 e. The Morgan fingerprint density at radius 2 is 1.84 bits per heavy atom. The molecule has 5 heteroatoms. The van der Waals surface area contributed by atoms with E-state index in [1.54, 1.807) is 25.5 Å². The summed E-state index contributed by atoms with van der Waals surface area (Å²) in [6, 6.07) is 16.0. The quantitative estimate of drug-likeness (QED) is 0.351. The zero-order valence-corrected chi connectivity index (χ0v) is 18.5. The predicted octanol–water partition coefficient (Wildman–Crippen LogP) is 6.91. The number of hydrogen-bond acceptors (Lipinski definition) is 3. The molecule has 0 saturated carbocycles. The highest BCUT2D eigenvalue weighted by atomic mass is 19.1. The molecule has 162 valence electrons. The topological polar surface area (TPSA) is 51.5 Å². The molecule has 0 aliphatic carbocycles. The first-order valence-electron chi connectivity index (χ1n) is 10.3. The maximum atomic E-state index is 13.4. The van der Waals surface area contributed by atoms with Gasteiger partial charge in [-0.25, -0.2) is 4.39 Å². The molecule has 0 aliphatic rings. The monoisotopic (exact) mass is 429 g/mol. The van der Waals surface area contributed by atoms with E-state index >= 15 is 0 Å². The number of benzene rings is 3. The van der Waals surface area contributed by atoms with E-state index in [9.17, 15) is 9.18 Å². The molecule has 0 aliphatic heterocycles. The second kappa shape index (κ2) is 8.71. The van der Waals surface area contributed by atoms with Gasteiger partial charge < -0.3 is 14.5 Å². The molecule has 1 heterocycles. The van der Waals surface area contributed by atoms with Crippen LogP contribution in [0.5, 0.6) is 5.75 Å². The van der Waals surface area contributed by atoms with E-state index in [0.29, 0.717) is 11.4 Å². The fourth-order valence-corrected chi connectivity index (χ4v) is 3.85. The van der Waals surface area contributed by atoms with Gasteiger partial charge in [-0.1, -0.05) is 35.9 Å². The summed E-state index contributed by atoms with van der Waals surface area (Å²) in [6.45, 7) is 5.83. The van der Waals surface area contributed by atoms with E-state index in [2.05, 4.69) is 29.6 Å². The number of halogens is 1. The number of aryl methyl sites for hydroxylation is 2. The van der Waals surface area contributed by atoms with Gasteiger partial charge in [0.25, 0.3) is 0 Å². The number of carbonyl (C=O) groups is 1. The standard InChI is InChI=1S/C27H24FNO3/c1-16-8-10-19(11-9-16)24-15-32-27-18(3)26(31-4)22(14-23(24)27)17(2)12-25(30)29-21-7-5-6-20(28)13-21/h5-15H,1-4H3,(H,29,30)/b17-12+. The van der Waals surface area contributed by atoms with Crippen molar-refractivity contribution in [2.75, 3.05) is 12.4 Å². The van der Waals surface area contributed by atoms with Gasteiger partial charge in [-0.15, -0.1) is 0 Å². The molecule has 0 unspecified atom stereocenters. The Balaban J connectivity index is 1.76. The zero-order valence-electron chi connectivity index (χ0n) is 18.5. The van der Waals surface area contributed by atoms with Gasteiger partial charge in [0.05, 0.1) is 13.4 Å². The van der Waals surface area contributed by atoms with Crippen LogP contribution in [0.15, 0.2) is 71.4 Å². The second-order valence-corrected chi connectivity index (χ2v) is 7.80. The lowest BCUT2D eigenvalue weighted by Gasteiger charge is -2.13. The van der Waals surface area contributed by atoms with Crippen LogP contribution in [0.1, 0.15) is 23.6 Å². The van der Waals surface area contributed by atoms with Gasteiger partial charge >= 0.3 is 0 Å². The summed E-state index contributed by atoms with van der Waals surface area (Å²) < 4.78 is 25.0. The molecule has 4 aromatic rings. The molecule has 4 rings (SSSR count). The molecule has 3 aromatic carbocycles. The van der Waals surface area contributed by atoms with Crippen LogP contribution in [0.3, 0.4) is 0 Å². The molecular weight excluding hydrogens is 405 g/mol. The van der Waals surface area contributed by atoms with Crippen molar-refractivity contribution in [1.29, 1.82) is 0 Å². The van der Waals surface area contributed by atoms with Crippen LogP contribution < -0.4 is 10.1 Å². The molecule has 32 heavy (non-hydrogen) atoms. The number of rotatable bonds is 5. The van der Waals surface area contributed by atoms with Crippen molar-refractivity contribution in [3.8, 4) is 16.9 Å². The average Bonchev–Trinajstić information content (AvgIpc) is 3.18. The highest BCUT2D eigenvalue weighted by molar-refractivity contribution is 6.06. The minimum absolute atomic E-state index is 0.348. The third kappa shape index (κ3) is 4.14. The number of allylic oxidation sites excluding steroid dienone is 1. The highest BCUT2D eigenvalue weighted by Crippen LogP contribution is 2.40. The first-order valence-corrected chi connectivity index (χ1v) is 10.3. The lowest BCUT2D eigenvalue weighted by molar-refractivity contribution is -0.111. The van der Waals surface area contributed by atoms with E-state index < -0.39 is 5.82 Å². The molecule has 4 nitrogen and oxygen atoms in total. The second-order valence-electron chi connectivity index (χ2n) is 7.80. The molecule has 0 saturated heterocycles. The van der Waals surface area contributed by atoms with Gasteiger partial charge in [0, 0.05) is 33.8 Å². The summed E-state index contributed by atoms with van der Waals surface area (Å²) in [5, 5.41) is 3.64. The van der Waals surface area contributed by atoms with Crippen LogP contribution in [0.25, 0.3) is 27.7 Å². The van der Waals surface area contributed by atoms with E-state index in [1.807, 2.05) is 26.8 Å². The third-order valence-electron chi connectivity index (χ3n) is 5.48. The summed E-state index contributed by atoms with van der Waals surface area (Å²) in [4.78, 5) is 12.6. The number of amides is 1. The maximum absolute atomic E-state index is 13.4. The van der Waals surface area contributed by atoms with E-state index in [0.717, 1.165) is 38.8 Å². The normalized spacial score (nSPS) is 11.6. The number of fused-ring (bicyclic) bond motifs is 1. The van der Waals surface area contributed by atoms with Crippen LogP contribution in [0.4, 0.5) is 10.1 Å². The zero-order chi connectivity index (χ0) is 22.8. The molecule has 1 aromatic heterocycles. The van der Waals surface area contributed by atoms with Crippen molar-refractivity contribution in [2.45, 2.75) is 20.8 Å². The van der Waals surface area contributed by atoms with Crippen LogP contribution in [0.2, 0.25) is 0 Å².